The Kier molecular flexibility index (Phi) is 3.27. The van der Waals surface area contributed by atoms with E-state index in [1.807, 2.05) is 29.5 Å². The van der Waals surface area contributed by atoms with E-state index in [-0.39, 0.29) is 6.79 Å². The third-order valence-corrected chi connectivity index (χ3v) is 5.37. The average Bonchev–Trinajstić information content (AvgIpc) is 3.34. The Hall–Kier alpha value is -2.38. The van der Waals surface area contributed by atoms with Crippen molar-refractivity contribution in [3.63, 3.8) is 0 Å². The lowest BCUT2D eigenvalue weighted by atomic mass is 10.1. The third-order valence-electron chi connectivity index (χ3n) is 4.34. The molecule has 0 aliphatic carbocycles. The summed E-state index contributed by atoms with van der Waals surface area (Å²) < 4.78 is 16.2. The molecule has 122 valence electrons. The summed E-state index contributed by atoms with van der Waals surface area (Å²) in [5.74, 6) is 2.69. The fourth-order valence-electron chi connectivity index (χ4n) is 3.11. The maximum absolute atomic E-state index is 5.44. The Morgan fingerprint density at radius 3 is 3.12 bits per heavy atom. The SMILES string of the molecule is c1cc2c(s1)CCN(Cc1nc(-c3ccc4c(c3)OCO4)no1)C2. The first-order valence-corrected chi connectivity index (χ1v) is 8.73. The fraction of sp³-hybridized carbons (Fsp3) is 0.294. The molecule has 0 atom stereocenters. The smallest absolute Gasteiger partial charge is 0.241 e. The lowest BCUT2D eigenvalue weighted by Crippen LogP contribution is -2.29. The second-order valence-electron chi connectivity index (χ2n) is 5.91. The number of nitrogens with zero attached hydrogens (tertiary/aromatic N) is 3. The molecule has 24 heavy (non-hydrogen) atoms. The zero-order valence-corrected chi connectivity index (χ0v) is 13.7. The van der Waals surface area contributed by atoms with Crippen LogP contribution in [0.25, 0.3) is 11.4 Å². The molecule has 0 saturated carbocycles. The van der Waals surface area contributed by atoms with Crippen molar-refractivity contribution in [3.8, 4) is 22.9 Å². The van der Waals surface area contributed by atoms with Crippen LogP contribution >= 0.6 is 11.3 Å². The zero-order valence-electron chi connectivity index (χ0n) is 12.9. The molecule has 2 aliphatic heterocycles. The van der Waals surface area contributed by atoms with Crippen LogP contribution in [0.15, 0.2) is 34.2 Å². The van der Waals surface area contributed by atoms with Crippen molar-refractivity contribution in [2.45, 2.75) is 19.5 Å². The Morgan fingerprint density at radius 1 is 1.17 bits per heavy atom. The lowest BCUT2D eigenvalue weighted by molar-refractivity contribution is 0.174. The molecule has 0 saturated heterocycles. The Morgan fingerprint density at radius 2 is 2.12 bits per heavy atom. The topological polar surface area (TPSA) is 60.6 Å². The molecule has 0 radical (unpaired) electrons. The number of aromatic nitrogens is 2. The van der Waals surface area contributed by atoms with Crippen LogP contribution < -0.4 is 9.47 Å². The second kappa shape index (κ2) is 5.61. The fourth-order valence-corrected chi connectivity index (χ4v) is 3.99. The quantitative estimate of drug-likeness (QED) is 0.730. The van der Waals surface area contributed by atoms with Crippen LogP contribution in [0.4, 0.5) is 0 Å². The monoisotopic (exact) mass is 341 g/mol. The van der Waals surface area contributed by atoms with E-state index in [0.717, 1.165) is 36.6 Å². The van der Waals surface area contributed by atoms with Crippen LogP contribution in [0, 0.1) is 0 Å². The van der Waals surface area contributed by atoms with Crippen molar-refractivity contribution < 1.29 is 14.0 Å². The van der Waals surface area contributed by atoms with Gasteiger partial charge in [0.15, 0.2) is 11.5 Å². The van der Waals surface area contributed by atoms with E-state index in [1.54, 1.807) is 0 Å². The van der Waals surface area contributed by atoms with E-state index >= 15 is 0 Å². The lowest BCUT2D eigenvalue weighted by Gasteiger charge is -2.24. The number of hydrogen-bond acceptors (Lipinski definition) is 7. The van der Waals surface area contributed by atoms with Gasteiger partial charge in [-0.3, -0.25) is 4.90 Å². The van der Waals surface area contributed by atoms with E-state index in [4.69, 9.17) is 14.0 Å². The molecule has 1 aromatic carbocycles. The highest BCUT2D eigenvalue weighted by Gasteiger charge is 2.20. The standard InChI is InChI=1S/C17H15N3O3S/c1-2-13-14(22-10-21-13)7-11(1)17-18-16(23-19-17)9-20-5-3-15-12(8-20)4-6-24-15/h1-2,4,6-7H,3,5,8-10H2. The van der Waals surface area contributed by atoms with Gasteiger partial charge < -0.3 is 14.0 Å². The highest BCUT2D eigenvalue weighted by molar-refractivity contribution is 7.10. The molecule has 2 aromatic heterocycles. The van der Waals surface area contributed by atoms with Crippen molar-refractivity contribution >= 4 is 11.3 Å². The van der Waals surface area contributed by atoms with Gasteiger partial charge in [0.2, 0.25) is 18.5 Å². The average molecular weight is 341 g/mol. The molecule has 0 amide bonds. The van der Waals surface area contributed by atoms with Crippen LogP contribution in [0.5, 0.6) is 11.5 Å². The van der Waals surface area contributed by atoms with Crippen molar-refractivity contribution in [2.24, 2.45) is 0 Å². The first-order chi connectivity index (χ1) is 11.8. The van der Waals surface area contributed by atoms with Gasteiger partial charge in [-0.05, 0) is 41.6 Å². The summed E-state index contributed by atoms with van der Waals surface area (Å²) in [7, 11) is 0. The molecular weight excluding hydrogens is 326 g/mol. The van der Waals surface area contributed by atoms with Gasteiger partial charge >= 0.3 is 0 Å². The minimum Gasteiger partial charge on any atom is -0.454 e. The number of ether oxygens (including phenoxy) is 2. The molecular formula is C17H15N3O3S. The summed E-state index contributed by atoms with van der Waals surface area (Å²) in [5, 5.41) is 6.27. The Bertz CT molecular complexity index is 889. The van der Waals surface area contributed by atoms with Gasteiger partial charge in [0, 0.05) is 23.5 Å². The van der Waals surface area contributed by atoms with Gasteiger partial charge in [0.25, 0.3) is 0 Å². The van der Waals surface area contributed by atoms with Crippen LogP contribution in [-0.2, 0) is 19.5 Å². The minimum atomic E-state index is 0.260. The van der Waals surface area contributed by atoms with E-state index in [2.05, 4.69) is 26.5 Å². The molecule has 0 spiro atoms. The number of benzene rings is 1. The molecule has 0 unspecified atom stereocenters. The van der Waals surface area contributed by atoms with Crippen LogP contribution in [0.3, 0.4) is 0 Å². The molecule has 3 aromatic rings. The number of thiophene rings is 1. The molecule has 0 N–H and O–H groups in total. The van der Waals surface area contributed by atoms with E-state index in [9.17, 15) is 0 Å². The summed E-state index contributed by atoms with van der Waals surface area (Å²) in [6.07, 6.45) is 1.09. The summed E-state index contributed by atoms with van der Waals surface area (Å²) in [6, 6.07) is 7.88. The Balaban J connectivity index is 1.33. The summed E-state index contributed by atoms with van der Waals surface area (Å²) in [5.41, 5.74) is 2.29. The van der Waals surface area contributed by atoms with Crippen LogP contribution in [0.2, 0.25) is 0 Å². The first kappa shape index (κ1) is 14.0. The van der Waals surface area contributed by atoms with Gasteiger partial charge in [0.1, 0.15) is 0 Å². The van der Waals surface area contributed by atoms with Gasteiger partial charge in [-0.25, -0.2) is 0 Å². The van der Waals surface area contributed by atoms with Gasteiger partial charge in [-0.2, -0.15) is 4.98 Å². The van der Waals surface area contributed by atoms with Gasteiger partial charge in [0.05, 0.1) is 6.54 Å². The molecule has 4 heterocycles. The first-order valence-electron chi connectivity index (χ1n) is 7.85. The van der Waals surface area contributed by atoms with Crippen molar-refractivity contribution in [2.75, 3.05) is 13.3 Å². The summed E-state index contributed by atoms with van der Waals surface area (Å²) >= 11 is 1.84. The normalized spacial score (nSPS) is 16.3. The van der Waals surface area contributed by atoms with E-state index in [1.165, 1.54) is 10.4 Å². The summed E-state index contributed by atoms with van der Waals surface area (Å²) in [6.45, 7) is 2.90. The highest BCUT2D eigenvalue weighted by atomic mass is 32.1. The number of rotatable bonds is 3. The number of fused-ring (bicyclic) bond motifs is 2. The van der Waals surface area contributed by atoms with E-state index in [0.29, 0.717) is 18.3 Å². The zero-order chi connectivity index (χ0) is 15.9. The van der Waals surface area contributed by atoms with E-state index < -0.39 is 0 Å². The second-order valence-corrected chi connectivity index (χ2v) is 6.91. The molecule has 5 rings (SSSR count). The molecule has 7 heteroatoms. The predicted molar refractivity (Wildman–Crippen MR) is 88.0 cm³/mol. The Labute approximate surface area is 142 Å². The predicted octanol–water partition coefficient (Wildman–Crippen LogP) is 3.09. The van der Waals surface area contributed by atoms with Crippen molar-refractivity contribution in [3.05, 3.63) is 46.0 Å². The maximum atomic E-state index is 5.44. The van der Waals surface area contributed by atoms with Crippen LogP contribution in [-0.4, -0.2) is 28.4 Å². The third kappa shape index (κ3) is 2.46. The van der Waals surface area contributed by atoms with Gasteiger partial charge in [-0.1, -0.05) is 5.16 Å². The highest BCUT2D eigenvalue weighted by Crippen LogP contribution is 2.35. The largest absolute Gasteiger partial charge is 0.454 e. The molecule has 0 bridgehead atoms. The van der Waals surface area contributed by atoms with Crippen molar-refractivity contribution in [1.29, 1.82) is 0 Å². The minimum absolute atomic E-state index is 0.260. The molecule has 0 fully saturated rings. The maximum Gasteiger partial charge on any atom is 0.241 e. The summed E-state index contributed by atoms with van der Waals surface area (Å²) in [4.78, 5) is 8.37. The van der Waals surface area contributed by atoms with Crippen LogP contribution in [0.1, 0.15) is 16.3 Å². The van der Waals surface area contributed by atoms with Crippen molar-refractivity contribution in [1.82, 2.24) is 15.0 Å². The van der Waals surface area contributed by atoms with Gasteiger partial charge in [-0.15, -0.1) is 11.3 Å². The molecule has 6 nitrogen and oxygen atoms in total. The molecule has 2 aliphatic rings. The number of hydrogen-bond donors (Lipinski definition) is 0.